The first kappa shape index (κ1) is 9.92. The molecule has 1 aromatic carbocycles. The van der Waals surface area contributed by atoms with Gasteiger partial charge in [-0.05, 0) is 11.1 Å². The molecule has 1 aliphatic rings. The molecule has 78 valence electrons. The van der Waals surface area contributed by atoms with Gasteiger partial charge in [-0.15, -0.1) is 4.40 Å². The van der Waals surface area contributed by atoms with E-state index in [1.165, 1.54) is 0 Å². The number of sulfonamides is 1. The van der Waals surface area contributed by atoms with E-state index in [9.17, 15) is 8.42 Å². The van der Waals surface area contributed by atoms with E-state index in [-0.39, 0.29) is 11.6 Å². The highest BCUT2D eigenvalue weighted by molar-refractivity contribution is 7.89. The van der Waals surface area contributed by atoms with Gasteiger partial charge in [-0.1, -0.05) is 30.9 Å². The van der Waals surface area contributed by atoms with Gasteiger partial charge in [-0.2, -0.15) is 0 Å². The van der Waals surface area contributed by atoms with Crippen molar-refractivity contribution in [3.63, 3.8) is 0 Å². The number of benzene rings is 1. The molecule has 2 rings (SSSR count). The van der Waals surface area contributed by atoms with Crippen LogP contribution >= 0.6 is 0 Å². The number of fused-ring (bicyclic) bond motifs is 1. The van der Waals surface area contributed by atoms with Gasteiger partial charge in [-0.3, -0.25) is 0 Å². The lowest BCUT2D eigenvalue weighted by Crippen LogP contribution is -2.24. The molecule has 0 spiro atoms. The van der Waals surface area contributed by atoms with E-state index in [4.69, 9.17) is 5.73 Å². The molecule has 0 atom stereocenters. The van der Waals surface area contributed by atoms with Crippen LogP contribution in [0, 0.1) is 0 Å². The van der Waals surface area contributed by atoms with Crippen molar-refractivity contribution in [2.45, 2.75) is 5.75 Å². The lowest BCUT2D eigenvalue weighted by molar-refractivity contribution is 0.596. The monoisotopic (exact) mass is 222 g/mol. The lowest BCUT2D eigenvalue weighted by atomic mass is 10.0. The molecule has 0 aliphatic carbocycles. The number of amidine groups is 1. The summed E-state index contributed by atoms with van der Waals surface area (Å²) in [6.45, 7) is 3.65. The SMILES string of the molecule is C=Cc1cccc2c1C(N)=NS(=O)(=O)C2. The molecule has 1 heterocycles. The molecule has 0 aromatic heterocycles. The van der Waals surface area contributed by atoms with Gasteiger partial charge in [0.2, 0.25) is 0 Å². The van der Waals surface area contributed by atoms with Gasteiger partial charge in [0, 0.05) is 5.56 Å². The summed E-state index contributed by atoms with van der Waals surface area (Å²) in [5, 5.41) is 0. The number of nitrogens with zero attached hydrogens (tertiary/aromatic N) is 1. The molecule has 0 radical (unpaired) electrons. The van der Waals surface area contributed by atoms with Crippen molar-refractivity contribution >= 4 is 21.9 Å². The third-order valence-corrected chi connectivity index (χ3v) is 3.39. The van der Waals surface area contributed by atoms with Crippen LogP contribution in [0.5, 0.6) is 0 Å². The topological polar surface area (TPSA) is 72.5 Å². The van der Waals surface area contributed by atoms with Crippen LogP contribution in [-0.4, -0.2) is 14.3 Å². The van der Waals surface area contributed by atoms with E-state index in [0.717, 1.165) is 5.56 Å². The van der Waals surface area contributed by atoms with Crippen molar-refractivity contribution < 1.29 is 8.42 Å². The molecule has 0 saturated carbocycles. The van der Waals surface area contributed by atoms with E-state index < -0.39 is 10.0 Å². The Balaban J connectivity index is 2.75. The zero-order valence-corrected chi connectivity index (χ0v) is 8.79. The van der Waals surface area contributed by atoms with Crippen molar-refractivity contribution in [3.05, 3.63) is 41.5 Å². The van der Waals surface area contributed by atoms with Crippen LogP contribution in [0.2, 0.25) is 0 Å². The van der Waals surface area contributed by atoms with Crippen LogP contribution in [-0.2, 0) is 15.8 Å². The summed E-state index contributed by atoms with van der Waals surface area (Å²) in [7, 11) is -3.44. The fourth-order valence-corrected chi connectivity index (χ4v) is 2.74. The van der Waals surface area contributed by atoms with Crippen LogP contribution < -0.4 is 5.73 Å². The molecule has 1 aromatic rings. The zero-order chi connectivity index (χ0) is 11.1. The normalized spacial score (nSPS) is 17.7. The van der Waals surface area contributed by atoms with Crippen molar-refractivity contribution in [2.24, 2.45) is 10.1 Å². The van der Waals surface area contributed by atoms with Crippen molar-refractivity contribution in [3.8, 4) is 0 Å². The maximum absolute atomic E-state index is 11.3. The Kier molecular flexibility index (Phi) is 2.12. The van der Waals surface area contributed by atoms with Crippen LogP contribution in [0.1, 0.15) is 16.7 Å². The van der Waals surface area contributed by atoms with Crippen molar-refractivity contribution in [1.29, 1.82) is 0 Å². The third kappa shape index (κ3) is 1.66. The maximum Gasteiger partial charge on any atom is 0.259 e. The summed E-state index contributed by atoms with van der Waals surface area (Å²) in [6, 6.07) is 5.34. The van der Waals surface area contributed by atoms with Crippen LogP contribution in [0.25, 0.3) is 6.08 Å². The molecule has 0 bridgehead atoms. The van der Waals surface area contributed by atoms with Gasteiger partial charge in [0.05, 0.1) is 5.75 Å². The Hall–Kier alpha value is -1.62. The molecule has 15 heavy (non-hydrogen) atoms. The summed E-state index contributed by atoms with van der Waals surface area (Å²) in [6.07, 6.45) is 1.64. The third-order valence-electron chi connectivity index (χ3n) is 2.23. The fourth-order valence-electron chi connectivity index (χ4n) is 1.65. The molecule has 0 saturated heterocycles. The summed E-state index contributed by atoms with van der Waals surface area (Å²) >= 11 is 0. The minimum absolute atomic E-state index is 0.0479. The molecule has 2 N–H and O–H groups in total. The number of nitrogens with two attached hydrogens (primary N) is 1. The average molecular weight is 222 g/mol. The first-order valence-corrected chi connectivity index (χ1v) is 5.97. The van der Waals surface area contributed by atoms with Crippen molar-refractivity contribution in [1.82, 2.24) is 0 Å². The second-order valence-electron chi connectivity index (χ2n) is 3.29. The molecule has 0 fully saturated rings. The fraction of sp³-hybridized carbons (Fsp3) is 0.100. The predicted octanol–water partition coefficient (Wildman–Crippen LogP) is 0.878. The first-order valence-electron chi connectivity index (χ1n) is 4.36. The molecular formula is C10H10N2O2S. The minimum Gasteiger partial charge on any atom is -0.383 e. The van der Waals surface area contributed by atoms with Crippen molar-refractivity contribution in [2.75, 3.05) is 0 Å². The van der Waals surface area contributed by atoms with Gasteiger partial charge in [0.25, 0.3) is 10.0 Å². The minimum atomic E-state index is -3.44. The van der Waals surface area contributed by atoms with E-state index in [2.05, 4.69) is 11.0 Å². The summed E-state index contributed by atoms with van der Waals surface area (Å²) in [5.41, 5.74) is 7.79. The molecule has 4 nitrogen and oxygen atoms in total. The Morgan fingerprint density at radius 1 is 1.47 bits per heavy atom. The second kappa shape index (κ2) is 3.20. The first-order chi connectivity index (χ1) is 7.03. The molecule has 0 amide bonds. The van der Waals surface area contributed by atoms with Gasteiger partial charge < -0.3 is 5.73 Å². The predicted molar refractivity (Wildman–Crippen MR) is 59.9 cm³/mol. The average Bonchev–Trinajstić information content (AvgIpc) is 2.14. The van der Waals surface area contributed by atoms with Crippen LogP contribution in [0.3, 0.4) is 0 Å². The van der Waals surface area contributed by atoms with Crippen LogP contribution in [0.15, 0.2) is 29.2 Å². The second-order valence-corrected chi connectivity index (χ2v) is 4.92. The molecular weight excluding hydrogens is 212 g/mol. The van der Waals surface area contributed by atoms with E-state index >= 15 is 0 Å². The van der Waals surface area contributed by atoms with Gasteiger partial charge in [-0.25, -0.2) is 8.42 Å². The Morgan fingerprint density at radius 3 is 2.87 bits per heavy atom. The van der Waals surface area contributed by atoms with Gasteiger partial charge in [0.1, 0.15) is 5.84 Å². The summed E-state index contributed by atoms with van der Waals surface area (Å²) < 4.78 is 26.1. The number of hydrogen-bond acceptors (Lipinski definition) is 3. The van der Waals surface area contributed by atoms with Gasteiger partial charge in [0.15, 0.2) is 0 Å². The maximum atomic E-state index is 11.3. The number of rotatable bonds is 1. The highest BCUT2D eigenvalue weighted by atomic mass is 32.2. The smallest absolute Gasteiger partial charge is 0.259 e. The Labute approximate surface area is 88.2 Å². The summed E-state index contributed by atoms with van der Waals surface area (Å²) in [4.78, 5) is 0. The Morgan fingerprint density at radius 2 is 2.20 bits per heavy atom. The van der Waals surface area contributed by atoms with Gasteiger partial charge >= 0.3 is 0 Å². The lowest BCUT2D eigenvalue weighted by Gasteiger charge is -2.15. The zero-order valence-electron chi connectivity index (χ0n) is 7.97. The quantitative estimate of drug-likeness (QED) is 0.766. The van der Waals surface area contributed by atoms with E-state index in [0.29, 0.717) is 11.1 Å². The highest BCUT2D eigenvalue weighted by Gasteiger charge is 2.23. The molecule has 1 aliphatic heterocycles. The molecule has 5 heteroatoms. The van der Waals surface area contributed by atoms with E-state index in [1.54, 1.807) is 18.2 Å². The largest absolute Gasteiger partial charge is 0.383 e. The Bertz CT molecular complexity index is 559. The van der Waals surface area contributed by atoms with E-state index in [1.807, 2.05) is 6.07 Å². The summed E-state index contributed by atoms with van der Waals surface area (Å²) in [5.74, 6) is -0.0446. The standard InChI is InChI=1S/C10H10N2O2S/c1-2-7-4-3-5-8-6-15(13,14)12-10(11)9(7)8/h2-5H,1,6H2,(H2,11,12). The molecule has 0 unspecified atom stereocenters. The van der Waals surface area contributed by atoms with Crippen LogP contribution in [0.4, 0.5) is 0 Å². The highest BCUT2D eigenvalue weighted by Crippen LogP contribution is 2.23. The number of hydrogen-bond donors (Lipinski definition) is 1.